The SMILES string of the molecule is CCOC[C@H](Br)CN(Cc1ccccc1)[C@H](C)c1ccccc1. The van der Waals surface area contributed by atoms with Crippen LogP contribution in [0.15, 0.2) is 60.7 Å². The quantitative estimate of drug-likeness (QED) is 0.568. The third-order valence-electron chi connectivity index (χ3n) is 3.99. The minimum Gasteiger partial charge on any atom is -0.381 e. The van der Waals surface area contributed by atoms with Crippen LogP contribution in [0.1, 0.15) is 31.0 Å². The van der Waals surface area contributed by atoms with E-state index < -0.39 is 0 Å². The molecule has 0 saturated carbocycles. The zero-order chi connectivity index (χ0) is 16.5. The van der Waals surface area contributed by atoms with Gasteiger partial charge in [0.05, 0.1) is 11.4 Å². The van der Waals surface area contributed by atoms with Crippen LogP contribution < -0.4 is 0 Å². The van der Waals surface area contributed by atoms with Gasteiger partial charge in [0.1, 0.15) is 0 Å². The molecule has 2 nitrogen and oxygen atoms in total. The summed E-state index contributed by atoms with van der Waals surface area (Å²) in [6.45, 7) is 7.70. The second-order valence-electron chi connectivity index (χ2n) is 5.76. The fourth-order valence-electron chi connectivity index (χ4n) is 2.67. The summed E-state index contributed by atoms with van der Waals surface area (Å²) in [4.78, 5) is 2.83. The molecule has 2 aromatic rings. The maximum atomic E-state index is 5.56. The van der Waals surface area contributed by atoms with Crippen molar-refractivity contribution in [3.63, 3.8) is 0 Å². The summed E-state index contributed by atoms with van der Waals surface area (Å²) in [7, 11) is 0. The van der Waals surface area contributed by atoms with Crippen LogP contribution in [0.4, 0.5) is 0 Å². The Hall–Kier alpha value is -1.16. The van der Waals surface area contributed by atoms with Crippen molar-refractivity contribution in [3.8, 4) is 0 Å². The Balaban J connectivity index is 2.10. The summed E-state index contributed by atoms with van der Waals surface area (Å²) in [5, 5.41) is 0. The Bertz CT molecular complexity index is 546. The first kappa shape index (κ1) is 18.2. The van der Waals surface area contributed by atoms with E-state index in [-0.39, 0.29) is 0 Å². The highest BCUT2D eigenvalue weighted by Crippen LogP contribution is 2.23. The predicted molar refractivity (Wildman–Crippen MR) is 101 cm³/mol. The van der Waals surface area contributed by atoms with Crippen molar-refractivity contribution in [2.24, 2.45) is 0 Å². The first-order valence-electron chi connectivity index (χ1n) is 8.25. The third kappa shape index (κ3) is 6.09. The molecule has 0 spiro atoms. The molecule has 0 radical (unpaired) electrons. The molecule has 0 aliphatic heterocycles. The van der Waals surface area contributed by atoms with Gasteiger partial charge in [-0.2, -0.15) is 0 Å². The third-order valence-corrected chi connectivity index (χ3v) is 4.55. The number of rotatable bonds is 9. The number of halogens is 1. The van der Waals surface area contributed by atoms with Gasteiger partial charge < -0.3 is 4.74 Å². The van der Waals surface area contributed by atoms with E-state index in [2.05, 4.69) is 88.4 Å². The van der Waals surface area contributed by atoms with Crippen LogP contribution in [0.5, 0.6) is 0 Å². The Morgan fingerprint density at radius 3 is 2.22 bits per heavy atom. The van der Waals surface area contributed by atoms with Gasteiger partial charge in [0.15, 0.2) is 0 Å². The smallest absolute Gasteiger partial charge is 0.0603 e. The van der Waals surface area contributed by atoms with Gasteiger partial charge in [-0.05, 0) is 25.0 Å². The number of benzene rings is 2. The summed E-state index contributed by atoms with van der Waals surface area (Å²) in [6, 6.07) is 21.7. The molecule has 23 heavy (non-hydrogen) atoms. The lowest BCUT2D eigenvalue weighted by atomic mass is 10.1. The van der Waals surface area contributed by atoms with Crippen molar-refractivity contribution in [2.75, 3.05) is 19.8 Å². The summed E-state index contributed by atoms with van der Waals surface area (Å²) < 4.78 is 5.56. The van der Waals surface area contributed by atoms with Crippen molar-refractivity contribution >= 4 is 15.9 Å². The monoisotopic (exact) mass is 375 g/mol. The Kier molecular flexibility index (Phi) is 7.80. The normalized spacial score (nSPS) is 13.9. The lowest BCUT2D eigenvalue weighted by Gasteiger charge is -2.31. The lowest BCUT2D eigenvalue weighted by molar-refractivity contribution is 0.126. The van der Waals surface area contributed by atoms with Gasteiger partial charge in [-0.3, -0.25) is 4.90 Å². The molecule has 0 N–H and O–H groups in total. The fourth-order valence-corrected chi connectivity index (χ4v) is 3.23. The van der Waals surface area contributed by atoms with Gasteiger partial charge in [-0.25, -0.2) is 0 Å². The van der Waals surface area contributed by atoms with Gasteiger partial charge >= 0.3 is 0 Å². The summed E-state index contributed by atoms with van der Waals surface area (Å²) in [5.41, 5.74) is 2.69. The van der Waals surface area contributed by atoms with Gasteiger partial charge in [-0.15, -0.1) is 0 Å². The molecule has 2 atom stereocenters. The highest BCUT2D eigenvalue weighted by molar-refractivity contribution is 9.09. The summed E-state index contributed by atoms with van der Waals surface area (Å²) in [5.74, 6) is 0. The molecule has 0 aliphatic carbocycles. The molecule has 0 saturated heterocycles. The topological polar surface area (TPSA) is 12.5 Å². The molecule has 0 unspecified atom stereocenters. The minimum atomic E-state index is 0.331. The van der Waals surface area contributed by atoms with E-state index in [4.69, 9.17) is 4.74 Å². The van der Waals surface area contributed by atoms with Crippen LogP contribution in [0.2, 0.25) is 0 Å². The zero-order valence-corrected chi connectivity index (χ0v) is 15.6. The average Bonchev–Trinajstić information content (AvgIpc) is 2.60. The maximum absolute atomic E-state index is 5.56. The molecule has 2 rings (SSSR count). The average molecular weight is 376 g/mol. The van der Waals surface area contributed by atoms with E-state index in [1.807, 2.05) is 6.92 Å². The van der Waals surface area contributed by atoms with E-state index in [1.54, 1.807) is 0 Å². The van der Waals surface area contributed by atoms with Crippen LogP contribution in [-0.2, 0) is 11.3 Å². The lowest BCUT2D eigenvalue weighted by Crippen LogP contribution is -2.33. The Labute approximate surface area is 148 Å². The highest BCUT2D eigenvalue weighted by atomic mass is 79.9. The van der Waals surface area contributed by atoms with Crippen molar-refractivity contribution in [3.05, 3.63) is 71.8 Å². The van der Waals surface area contributed by atoms with Crippen LogP contribution in [0.25, 0.3) is 0 Å². The van der Waals surface area contributed by atoms with Crippen LogP contribution in [-0.4, -0.2) is 29.5 Å². The van der Waals surface area contributed by atoms with E-state index in [9.17, 15) is 0 Å². The van der Waals surface area contributed by atoms with Gasteiger partial charge in [0.25, 0.3) is 0 Å². The Morgan fingerprint density at radius 1 is 1.00 bits per heavy atom. The molecule has 0 fully saturated rings. The van der Waals surface area contributed by atoms with E-state index >= 15 is 0 Å². The predicted octanol–water partition coefficient (Wildman–Crippen LogP) is 5.05. The van der Waals surface area contributed by atoms with Crippen molar-refractivity contribution in [2.45, 2.75) is 31.3 Å². The number of hydrogen-bond donors (Lipinski definition) is 0. The first-order chi connectivity index (χ1) is 11.2. The van der Waals surface area contributed by atoms with Gasteiger partial charge in [0, 0.05) is 25.7 Å². The summed E-state index contributed by atoms with van der Waals surface area (Å²) >= 11 is 3.77. The Morgan fingerprint density at radius 2 is 1.61 bits per heavy atom. The number of hydrogen-bond acceptors (Lipinski definition) is 2. The zero-order valence-electron chi connectivity index (χ0n) is 14.0. The van der Waals surface area contributed by atoms with Crippen LogP contribution in [0, 0.1) is 0 Å². The largest absolute Gasteiger partial charge is 0.381 e. The second-order valence-corrected chi connectivity index (χ2v) is 7.05. The van der Waals surface area contributed by atoms with E-state index in [1.165, 1.54) is 11.1 Å². The van der Waals surface area contributed by atoms with Crippen molar-refractivity contribution < 1.29 is 4.74 Å². The molecular weight excluding hydrogens is 350 g/mol. The molecule has 0 amide bonds. The number of nitrogens with zero attached hydrogens (tertiary/aromatic N) is 1. The minimum absolute atomic E-state index is 0.331. The summed E-state index contributed by atoms with van der Waals surface area (Å²) in [6.07, 6.45) is 0. The van der Waals surface area contributed by atoms with Gasteiger partial charge in [-0.1, -0.05) is 76.6 Å². The molecule has 0 aromatic heterocycles. The number of ether oxygens (including phenoxy) is 1. The number of alkyl halides is 1. The molecule has 0 heterocycles. The highest BCUT2D eigenvalue weighted by Gasteiger charge is 2.19. The van der Waals surface area contributed by atoms with Crippen molar-refractivity contribution in [1.82, 2.24) is 4.90 Å². The van der Waals surface area contributed by atoms with Crippen LogP contribution in [0.3, 0.4) is 0 Å². The first-order valence-corrected chi connectivity index (χ1v) is 9.17. The maximum Gasteiger partial charge on any atom is 0.0603 e. The van der Waals surface area contributed by atoms with E-state index in [0.717, 1.165) is 26.3 Å². The standard InChI is InChI=1S/C20H26BrNO/c1-3-23-16-20(21)15-22(14-18-10-6-4-7-11-18)17(2)19-12-8-5-9-13-19/h4-13,17,20H,3,14-16H2,1-2H3/t17-,20-/m1/s1. The molecule has 0 bridgehead atoms. The molecule has 124 valence electrons. The second kappa shape index (κ2) is 9.86. The van der Waals surface area contributed by atoms with Crippen molar-refractivity contribution in [1.29, 1.82) is 0 Å². The van der Waals surface area contributed by atoms with Gasteiger partial charge in [0.2, 0.25) is 0 Å². The molecule has 0 aliphatic rings. The van der Waals surface area contributed by atoms with E-state index in [0.29, 0.717) is 10.9 Å². The molecule has 2 aromatic carbocycles. The fraction of sp³-hybridized carbons (Fsp3) is 0.400. The molecule has 3 heteroatoms. The molecular formula is C20H26BrNO. The van der Waals surface area contributed by atoms with Crippen LogP contribution >= 0.6 is 15.9 Å².